The van der Waals surface area contributed by atoms with Crippen LogP contribution in [0.1, 0.15) is 53.6 Å². The van der Waals surface area contributed by atoms with Crippen LogP contribution in [0.5, 0.6) is 5.75 Å². The number of ether oxygens (including phenoxy) is 1. The number of aromatic hydroxyl groups is 1. The molecule has 1 saturated carbocycles. The van der Waals surface area contributed by atoms with Crippen molar-refractivity contribution >= 4 is 23.8 Å². The number of amides is 2. The molecule has 0 radical (unpaired) electrons. The van der Waals surface area contributed by atoms with Gasteiger partial charge in [0.05, 0.1) is 30.7 Å². The zero-order valence-electron chi connectivity index (χ0n) is 28.6. The third-order valence-corrected chi connectivity index (χ3v) is 9.90. The Morgan fingerprint density at radius 1 is 1.02 bits per heavy atom. The van der Waals surface area contributed by atoms with Crippen molar-refractivity contribution in [2.45, 2.75) is 57.2 Å². The molecule has 0 atom stereocenters. The Morgan fingerprint density at radius 3 is 2.56 bits per heavy atom. The highest BCUT2D eigenvalue weighted by atomic mass is 19.1. The largest absolute Gasteiger partial charge is 0.508 e. The smallest absolute Gasteiger partial charge is 0.257 e. The van der Waals surface area contributed by atoms with Gasteiger partial charge in [0, 0.05) is 38.8 Å². The molecule has 0 unspecified atom stereocenters. The number of rotatable bonds is 13. The maximum atomic E-state index is 14.7. The molecule has 3 aromatic carbocycles. The van der Waals surface area contributed by atoms with Crippen LogP contribution < -0.4 is 10.2 Å². The molecular formula is C40H46FN5O4. The van der Waals surface area contributed by atoms with Crippen LogP contribution in [0.25, 0.3) is 11.1 Å². The number of carbonyl (C=O) groups is 2. The summed E-state index contributed by atoms with van der Waals surface area (Å²) in [5.41, 5.74) is 4.54. The molecule has 1 aromatic heterocycles. The van der Waals surface area contributed by atoms with Crippen molar-refractivity contribution in [2.24, 2.45) is 0 Å². The molecule has 2 fully saturated rings. The van der Waals surface area contributed by atoms with E-state index in [2.05, 4.69) is 39.5 Å². The first-order valence-corrected chi connectivity index (χ1v) is 17.6. The van der Waals surface area contributed by atoms with Gasteiger partial charge in [0.1, 0.15) is 11.6 Å². The molecule has 9 nitrogen and oxygen atoms in total. The van der Waals surface area contributed by atoms with Crippen molar-refractivity contribution in [1.82, 2.24) is 20.1 Å². The van der Waals surface area contributed by atoms with Gasteiger partial charge in [-0.25, -0.2) is 9.37 Å². The summed E-state index contributed by atoms with van der Waals surface area (Å²) >= 11 is 0. The molecular weight excluding hydrogens is 633 g/mol. The first kappa shape index (κ1) is 35.2. The number of carbonyl (C=O) groups excluding carboxylic acids is 2. The number of nitrogens with zero attached hydrogens (tertiary/aromatic N) is 4. The number of halogens is 1. The highest BCUT2D eigenvalue weighted by Crippen LogP contribution is 2.34. The van der Waals surface area contributed by atoms with Gasteiger partial charge in [-0.3, -0.25) is 19.4 Å². The van der Waals surface area contributed by atoms with E-state index < -0.39 is 5.82 Å². The van der Waals surface area contributed by atoms with Gasteiger partial charge in [0.25, 0.3) is 5.91 Å². The van der Waals surface area contributed by atoms with Crippen molar-refractivity contribution in [1.29, 1.82) is 0 Å². The lowest BCUT2D eigenvalue weighted by Crippen LogP contribution is -2.43. The number of aryl methyl sites for hydroxylation is 1. The Morgan fingerprint density at radius 2 is 1.80 bits per heavy atom. The second-order valence-corrected chi connectivity index (χ2v) is 13.2. The fraction of sp³-hybridized carbons (Fsp3) is 0.375. The second kappa shape index (κ2) is 16.8. The Hall–Kier alpha value is -4.64. The van der Waals surface area contributed by atoms with Gasteiger partial charge in [0.15, 0.2) is 5.82 Å². The Kier molecular flexibility index (Phi) is 11.9. The van der Waals surface area contributed by atoms with E-state index in [1.807, 2.05) is 30.3 Å². The van der Waals surface area contributed by atoms with E-state index in [1.54, 1.807) is 30.1 Å². The van der Waals surface area contributed by atoms with E-state index in [9.17, 15) is 19.1 Å². The fourth-order valence-electron chi connectivity index (χ4n) is 7.10. The molecule has 6 rings (SSSR count). The SMILES string of the molecule is CN(C(=O)c1cc(F)cnc1N(C=O)c1cccc(-c2ccc(O)cc2CN2CCOCC2)c1)C1CCC(NCCCc2ccccc2)CC1. The number of anilines is 2. The lowest BCUT2D eigenvalue weighted by Gasteiger charge is -2.35. The molecule has 10 heteroatoms. The standard InChI is InChI=1S/C40H46FN5O4/c1-44(34-14-12-33(13-15-34)42-18-6-9-29-7-3-2-4-8-29)40(49)38-25-32(41)26-43-39(38)46(28-47)35-11-5-10-30(23-35)37-17-16-36(48)24-31(37)27-45-19-21-50-22-20-45/h2-5,7-8,10-11,16-17,23-26,28,33-34,42,48H,6,9,12-15,18-22,27H2,1H3. The van der Waals surface area contributed by atoms with E-state index in [-0.39, 0.29) is 29.1 Å². The molecule has 1 aliphatic carbocycles. The summed E-state index contributed by atoms with van der Waals surface area (Å²) in [7, 11) is 1.75. The van der Waals surface area contributed by atoms with Crippen LogP contribution in [0.3, 0.4) is 0 Å². The zero-order chi connectivity index (χ0) is 34.9. The second-order valence-electron chi connectivity index (χ2n) is 13.2. The number of phenols is 1. The van der Waals surface area contributed by atoms with E-state index in [4.69, 9.17) is 4.74 Å². The Bertz CT molecular complexity index is 1740. The maximum absolute atomic E-state index is 14.7. The summed E-state index contributed by atoms with van der Waals surface area (Å²) < 4.78 is 20.2. The third kappa shape index (κ3) is 8.74. The predicted octanol–water partition coefficient (Wildman–Crippen LogP) is 6.33. The van der Waals surface area contributed by atoms with E-state index in [1.165, 1.54) is 16.5 Å². The predicted molar refractivity (Wildman–Crippen MR) is 193 cm³/mol. The molecule has 2 N–H and O–H groups in total. The molecule has 0 bridgehead atoms. The Balaban J connectivity index is 1.14. The van der Waals surface area contributed by atoms with Crippen molar-refractivity contribution in [3.05, 3.63) is 108 Å². The number of morpholine rings is 1. The molecule has 50 heavy (non-hydrogen) atoms. The lowest BCUT2D eigenvalue weighted by atomic mass is 9.90. The van der Waals surface area contributed by atoms with E-state index in [0.29, 0.717) is 37.9 Å². The molecule has 1 saturated heterocycles. The lowest BCUT2D eigenvalue weighted by molar-refractivity contribution is -0.106. The molecule has 262 valence electrons. The topological polar surface area (TPSA) is 98.2 Å². The van der Waals surface area contributed by atoms with Crippen molar-refractivity contribution < 1.29 is 23.8 Å². The normalized spacial score (nSPS) is 18.0. The fourth-order valence-corrected chi connectivity index (χ4v) is 7.10. The van der Waals surface area contributed by atoms with Crippen molar-refractivity contribution in [3.63, 3.8) is 0 Å². The first-order chi connectivity index (χ1) is 24.4. The van der Waals surface area contributed by atoms with Gasteiger partial charge in [-0.2, -0.15) is 0 Å². The molecule has 2 heterocycles. The summed E-state index contributed by atoms with van der Waals surface area (Å²) in [5, 5.41) is 14.0. The number of aromatic nitrogens is 1. The minimum Gasteiger partial charge on any atom is -0.508 e. The van der Waals surface area contributed by atoms with Crippen molar-refractivity contribution in [2.75, 3.05) is 44.8 Å². The quantitative estimate of drug-likeness (QED) is 0.126. The Labute approximate surface area is 293 Å². The van der Waals surface area contributed by atoms with Crippen LogP contribution in [0.2, 0.25) is 0 Å². The molecule has 4 aromatic rings. The van der Waals surface area contributed by atoms with Crippen LogP contribution >= 0.6 is 0 Å². The van der Waals surface area contributed by atoms with E-state index in [0.717, 1.165) is 81.0 Å². The molecule has 2 aliphatic rings. The summed E-state index contributed by atoms with van der Waals surface area (Å²) in [6, 6.07) is 24.7. The maximum Gasteiger partial charge on any atom is 0.257 e. The number of pyridine rings is 1. The van der Waals surface area contributed by atoms with Gasteiger partial charge in [0.2, 0.25) is 6.41 Å². The summed E-state index contributed by atoms with van der Waals surface area (Å²) in [5.74, 6) is -0.775. The zero-order valence-corrected chi connectivity index (χ0v) is 28.6. The van der Waals surface area contributed by atoms with Crippen LogP contribution in [0.4, 0.5) is 15.9 Å². The highest BCUT2D eigenvalue weighted by molar-refractivity contribution is 6.03. The molecule has 2 amide bonds. The minimum absolute atomic E-state index is 0.00613. The van der Waals surface area contributed by atoms with Gasteiger partial charge in [-0.1, -0.05) is 48.5 Å². The summed E-state index contributed by atoms with van der Waals surface area (Å²) in [4.78, 5) is 36.2. The van der Waals surface area contributed by atoms with Gasteiger partial charge in [-0.15, -0.1) is 0 Å². The first-order valence-electron chi connectivity index (χ1n) is 17.6. The van der Waals surface area contributed by atoms with Crippen molar-refractivity contribution in [3.8, 4) is 16.9 Å². The number of benzene rings is 3. The van der Waals surface area contributed by atoms with Crippen LogP contribution in [0.15, 0.2) is 85.1 Å². The number of hydrogen-bond acceptors (Lipinski definition) is 7. The van der Waals surface area contributed by atoms with Crippen LogP contribution in [0, 0.1) is 5.82 Å². The third-order valence-electron chi connectivity index (χ3n) is 9.90. The summed E-state index contributed by atoms with van der Waals surface area (Å²) in [6.45, 7) is 4.49. The van der Waals surface area contributed by atoms with Crippen LogP contribution in [-0.4, -0.2) is 84.2 Å². The molecule has 1 aliphatic heterocycles. The van der Waals surface area contributed by atoms with Gasteiger partial charge in [-0.05, 0) is 97.7 Å². The van der Waals surface area contributed by atoms with Gasteiger partial charge < -0.3 is 20.1 Å². The summed E-state index contributed by atoms with van der Waals surface area (Å²) in [6.07, 6.45) is 7.29. The average molecular weight is 680 g/mol. The average Bonchev–Trinajstić information content (AvgIpc) is 3.15. The number of nitrogens with one attached hydrogen (secondary N) is 1. The highest BCUT2D eigenvalue weighted by Gasteiger charge is 2.30. The minimum atomic E-state index is -0.648. The number of hydrogen-bond donors (Lipinski definition) is 2. The van der Waals surface area contributed by atoms with Gasteiger partial charge >= 0.3 is 0 Å². The molecule has 0 spiro atoms. The monoisotopic (exact) mass is 679 g/mol. The van der Waals surface area contributed by atoms with E-state index >= 15 is 0 Å². The van der Waals surface area contributed by atoms with Crippen LogP contribution in [-0.2, 0) is 22.5 Å². The number of phenolic OH excluding ortho intramolecular Hbond substituents is 1.